The van der Waals surface area contributed by atoms with E-state index in [4.69, 9.17) is 9.47 Å². The number of ether oxygens (including phenoxy) is 2. The van der Waals surface area contributed by atoms with Gasteiger partial charge in [0.05, 0.1) is 14.2 Å². The number of piperazine rings is 1. The van der Waals surface area contributed by atoms with E-state index in [1.54, 1.807) is 14.2 Å². The molecule has 2 aromatic rings. The van der Waals surface area contributed by atoms with Crippen LogP contribution in [0.3, 0.4) is 0 Å². The van der Waals surface area contributed by atoms with Gasteiger partial charge in [-0.2, -0.15) is 0 Å². The van der Waals surface area contributed by atoms with E-state index in [1.807, 2.05) is 6.07 Å². The van der Waals surface area contributed by atoms with E-state index in [1.165, 1.54) is 11.1 Å². The van der Waals surface area contributed by atoms with Crippen LogP contribution in [0.4, 0.5) is 0 Å². The van der Waals surface area contributed by atoms with Crippen LogP contribution in [-0.2, 0) is 6.54 Å². The molecule has 138 valence electrons. The molecule has 4 nitrogen and oxygen atoms in total. The maximum Gasteiger partial charge on any atom is 0.161 e. The number of hydrogen-bond acceptors (Lipinski definition) is 4. The Balaban J connectivity index is 1.46. The van der Waals surface area contributed by atoms with Crippen molar-refractivity contribution in [2.24, 2.45) is 0 Å². The first-order valence-electron chi connectivity index (χ1n) is 9.15. The van der Waals surface area contributed by atoms with Crippen LogP contribution in [0.2, 0.25) is 0 Å². The SMILES string of the molecule is COc1ccc(CN2CCN(C/C=C/c3ccccc3)CC2)cc1OC. The van der Waals surface area contributed by atoms with E-state index >= 15 is 0 Å². The van der Waals surface area contributed by atoms with Gasteiger partial charge in [0.1, 0.15) is 0 Å². The first-order valence-corrected chi connectivity index (χ1v) is 9.15. The lowest BCUT2D eigenvalue weighted by molar-refractivity contribution is 0.137. The van der Waals surface area contributed by atoms with Crippen LogP contribution < -0.4 is 9.47 Å². The molecular weight excluding hydrogens is 324 g/mol. The Kier molecular flexibility index (Phi) is 6.69. The van der Waals surface area contributed by atoms with E-state index in [2.05, 4.69) is 64.4 Å². The standard InChI is InChI=1S/C22H28N2O2/c1-25-21-11-10-20(17-22(21)26-2)18-24-15-13-23(14-16-24)12-6-9-19-7-4-3-5-8-19/h3-11,17H,12-16,18H2,1-2H3/b9-6+. The van der Waals surface area contributed by atoms with Crippen LogP contribution in [0.1, 0.15) is 11.1 Å². The number of methoxy groups -OCH3 is 2. The van der Waals surface area contributed by atoms with Gasteiger partial charge >= 0.3 is 0 Å². The lowest BCUT2D eigenvalue weighted by Gasteiger charge is -2.34. The minimum Gasteiger partial charge on any atom is -0.493 e. The average Bonchev–Trinajstić information content (AvgIpc) is 2.70. The van der Waals surface area contributed by atoms with E-state index in [-0.39, 0.29) is 0 Å². The highest BCUT2D eigenvalue weighted by molar-refractivity contribution is 5.48. The van der Waals surface area contributed by atoms with Crippen LogP contribution in [0.5, 0.6) is 11.5 Å². The minimum atomic E-state index is 0.784. The van der Waals surface area contributed by atoms with Crippen molar-refractivity contribution in [1.82, 2.24) is 9.80 Å². The topological polar surface area (TPSA) is 24.9 Å². The zero-order valence-electron chi connectivity index (χ0n) is 15.7. The summed E-state index contributed by atoms with van der Waals surface area (Å²) in [7, 11) is 3.35. The number of rotatable bonds is 7. The van der Waals surface area contributed by atoms with Crippen molar-refractivity contribution in [3.8, 4) is 11.5 Å². The van der Waals surface area contributed by atoms with Crippen molar-refractivity contribution in [2.75, 3.05) is 46.9 Å². The van der Waals surface area contributed by atoms with Gasteiger partial charge in [-0.05, 0) is 23.3 Å². The zero-order chi connectivity index (χ0) is 18.2. The maximum atomic E-state index is 5.40. The third-order valence-electron chi connectivity index (χ3n) is 4.79. The summed E-state index contributed by atoms with van der Waals surface area (Å²) in [5.41, 5.74) is 2.53. The molecule has 2 aromatic carbocycles. The summed E-state index contributed by atoms with van der Waals surface area (Å²) >= 11 is 0. The highest BCUT2D eigenvalue weighted by Crippen LogP contribution is 2.28. The molecule has 1 heterocycles. The molecule has 0 unspecified atom stereocenters. The molecule has 0 amide bonds. The summed E-state index contributed by atoms with van der Waals surface area (Å²) in [5.74, 6) is 1.58. The highest BCUT2D eigenvalue weighted by atomic mass is 16.5. The molecule has 1 fully saturated rings. The second kappa shape index (κ2) is 9.41. The van der Waals surface area contributed by atoms with Crippen LogP contribution >= 0.6 is 0 Å². The van der Waals surface area contributed by atoms with Gasteiger partial charge in [0.2, 0.25) is 0 Å². The van der Waals surface area contributed by atoms with Crippen molar-refractivity contribution < 1.29 is 9.47 Å². The minimum absolute atomic E-state index is 0.784. The normalized spacial score (nSPS) is 16.1. The van der Waals surface area contributed by atoms with Crippen molar-refractivity contribution in [2.45, 2.75) is 6.54 Å². The van der Waals surface area contributed by atoms with Crippen molar-refractivity contribution in [3.05, 3.63) is 65.7 Å². The highest BCUT2D eigenvalue weighted by Gasteiger charge is 2.16. The lowest BCUT2D eigenvalue weighted by Crippen LogP contribution is -2.45. The Labute approximate surface area is 156 Å². The van der Waals surface area contributed by atoms with E-state index in [0.717, 1.165) is 50.8 Å². The molecule has 0 aliphatic carbocycles. The van der Waals surface area contributed by atoms with Gasteiger partial charge in [0.25, 0.3) is 0 Å². The van der Waals surface area contributed by atoms with Gasteiger partial charge < -0.3 is 9.47 Å². The Morgan fingerprint density at radius 1 is 0.846 bits per heavy atom. The molecule has 0 radical (unpaired) electrons. The largest absolute Gasteiger partial charge is 0.493 e. The Hall–Kier alpha value is -2.30. The molecule has 0 saturated carbocycles. The monoisotopic (exact) mass is 352 g/mol. The maximum absolute atomic E-state index is 5.40. The molecule has 1 saturated heterocycles. The van der Waals surface area contributed by atoms with E-state index in [0.29, 0.717) is 0 Å². The number of nitrogens with zero attached hydrogens (tertiary/aromatic N) is 2. The van der Waals surface area contributed by atoms with Crippen LogP contribution in [0.15, 0.2) is 54.6 Å². The van der Waals surface area contributed by atoms with Gasteiger partial charge in [-0.1, -0.05) is 48.6 Å². The van der Waals surface area contributed by atoms with Crippen molar-refractivity contribution >= 4 is 6.08 Å². The molecule has 1 aliphatic rings. The predicted molar refractivity (Wildman–Crippen MR) is 107 cm³/mol. The van der Waals surface area contributed by atoms with Crippen LogP contribution in [-0.4, -0.2) is 56.7 Å². The Bertz CT molecular complexity index is 707. The summed E-state index contributed by atoms with van der Waals surface area (Å²) in [5, 5.41) is 0. The summed E-state index contributed by atoms with van der Waals surface area (Å²) in [4.78, 5) is 5.00. The molecule has 0 atom stereocenters. The molecule has 0 spiro atoms. The van der Waals surface area contributed by atoms with E-state index < -0.39 is 0 Å². The molecule has 4 heteroatoms. The molecular formula is C22H28N2O2. The molecule has 0 bridgehead atoms. The number of benzene rings is 2. The fraction of sp³-hybridized carbons (Fsp3) is 0.364. The molecule has 1 aliphatic heterocycles. The summed E-state index contributed by atoms with van der Waals surface area (Å²) in [6.07, 6.45) is 4.47. The van der Waals surface area contributed by atoms with Crippen molar-refractivity contribution in [3.63, 3.8) is 0 Å². The fourth-order valence-electron chi connectivity index (χ4n) is 3.27. The summed E-state index contributed by atoms with van der Waals surface area (Å²) in [6.45, 7) is 6.35. The number of hydrogen-bond donors (Lipinski definition) is 0. The van der Waals surface area contributed by atoms with Gasteiger partial charge in [0.15, 0.2) is 11.5 Å². The quantitative estimate of drug-likeness (QED) is 0.761. The third-order valence-corrected chi connectivity index (χ3v) is 4.79. The molecule has 3 rings (SSSR count). The molecule has 0 aromatic heterocycles. The first-order chi connectivity index (χ1) is 12.8. The summed E-state index contributed by atoms with van der Waals surface area (Å²) < 4.78 is 10.7. The van der Waals surface area contributed by atoms with Crippen molar-refractivity contribution in [1.29, 1.82) is 0 Å². The van der Waals surface area contributed by atoms with Crippen LogP contribution in [0.25, 0.3) is 6.08 Å². The Morgan fingerprint density at radius 3 is 2.23 bits per heavy atom. The Morgan fingerprint density at radius 2 is 1.54 bits per heavy atom. The van der Waals surface area contributed by atoms with Gasteiger partial charge in [-0.3, -0.25) is 9.80 Å². The molecule has 26 heavy (non-hydrogen) atoms. The van der Waals surface area contributed by atoms with Gasteiger partial charge in [-0.25, -0.2) is 0 Å². The van der Waals surface area contributed by atoms with Crippen LogP contribution in [0, 0.1) is 0 Å². The second-order valence-electron chi connectivity index (χ2n) is 6.58. The molecule has 0 N–H and O–H groups in total. The summed E-state index contributed by atoms with van der Waals surface area (Å²) in [6, 6.07) is 16.7. The zero-order valence-corrected chi connectivity index (χ0v) is 15.7. The first kappa shape index (κ1) is 18.5. The third kappa shape index (κ3) is 5.10. The van der Waals surface area contributed by atoms with Gasteiger partial charge in [-0.15, -0.1) is 0 Å². The fourth-order valence-corrected chi connectivity index (χ4v) is 3.27. The van der Waals surface area contributed by atoms with E-state index in [9.17, 15) is 0 Å². The lowest BCUT2D eigenvalue weighted by atomic mass is 10.1. The van der Waals surface area contributed by atoms with Gasteiger partial charge in [0, 0.05) is 39.3 Å². The predicted octanol–water partition coefficient (Wildman–Crippen LogP) is 3.53. The second-order valence-corrected chi connectivity index (χ2v) is 6.58. The average molecular weight is 352 g/mol. The smallest absolute Gasteiger partial charge is 0.161 e.